The minimum atomic E-state index is -0.240. The molecule has 0 N–H and O–H groups in total. The Hall–Kier alpha value is -1.71. The summed E-state index contributed by atoms with van der Waals surface area (Å²) < 4.78 is 16.2. The Morgan fingerprint density at radius 3 is 2.84 bits per heavy atom. The molecule has 0 amide bonds. The Morgan fingerprint density at radius 2 is 2.05 bits per heavy atom. The number of esters is 1. The van der Waals surface area contributed by atoms with Crippen molar-refractivity contribution in [3.63, 3.8) is 0 Å². The van der Waals surface area contributed by atoms with Crippen molar-refractivity contribution in [3.8, 4) is 11.5 Å². The van der Waals surface area contributed by atoms with Crippen LogP contribution in [0.4, 0.5) is 0 Å². The molecule has 3 atom stereocenters. The molecule has 2 fully saturated rings. The Bertz CT molecular complexity index is 525. The number of fused-ring (bicyclic) bond motifs is 3. The molecule has 2 saturated carbocycles. The van der Waals surface area contributed by atoms with Crippen LogP contribution in [0.15, 0.2) is 18.2 Å². The summed E-state index contributed by atoms with van der Waals surface area (Å²) in [6, 6.07) is 5.21. The predicted molar refractivity (Wildman–Crippen MR) is 67.2 cm³/mol. The first-order valence-corrected chi connectivity index (χ1v) is 6.90. The van der Waals surface area contributed by atoms with Gasteiger partial charge >= 0.3 is 5.97 Å². The van der Waals surface area contributed by atoms with Gasteiger partial charge in [-0.3, -0.25) is 0 Å². The molecule has 4 nitrogen and oxygen atoms in total. The van der Waals surface area contributed by atoms with Gasteiger partial charge in [-0.25, -0.2) is 4.79 Å². The van der Waals surface area contributed by atoms with E-state index < -0.39 is 0 Å². The Morgan fingerprint density at radius 1 is 1.16 bits per heavy atom. The zero-order valence-electron chi connectivity index (χ0n) is 10.6. The van der Waals surface area contributed by atoms with Crippen LogP contribution in [0.5, 0.6) is 11.5 Å². The van der Waals surface area contributed by atoms with Crippen LogP contribution in [0.2, 0.25) is 0 Å². The highest BCUT2D eigenvalue weighted by Gasteiger charge is 2.41. The molecule has 100 valence electrons. The molecule has 0 radical (unpaired) electrons. The minimum Gasteiger partial charge on any atom is -0.458 e. The van der Waals surface area contributed by atoms with Crippen LogP contribution >= 0.6 is 0 Å². The molecule has 1 heterocycles. The monoisotopic (exact) mass is 260 g/mol. The summed E-state index contributed by atoms with van der Waals surface area (Å²) in [5.41, 5.74) is 0.548. The van der Waals surface area contributed by atoms with E-state index in [4.69, 9.17) is 14.2 Å². The molecular formula is C15H16O4. The van der Waals surface area contributed by atoms with Crippen molar-refractivity contribution >= 4 is 5.97 Å². The number of carbonyl (C=O) groups excluding carboxylic acids is 1. The molecule has 1 aliphatic heterocycles. The van der Waals surface area contributed by atoms with Gasteiger partial charge in [-0.05, 0) is 55.7 Å². The lowest BCUT2D eigenvalue weighted by Crippen LogP contribution is -2.24. The van der Waals surface area contributed by atoms with Gasteiger partial charge in [-0.2, -0.15) is 0 Å². The number of hydrogen-bond donors (Lipinski definition) is 0. The molecule has 3 aliphatic rings. The van der Waals surface area contributed by atoms with E-state index in [0.717, 1.165) is 12.3 Å². The summed E-state index contributed by atoms with van der Waals surface area (Å²) in [6.45, 7) is 0.222. The van der Waals surface area contributed by atoms with Crippen molar-refractivity contribution in [1.82, 2.24) is 0 Å². The average Bonchev–Trinajstić information content (AvgIpc) is 3.13. The van der Waals surface area contributed by atoms with Crippen molar-refractivity contribution in [2.75, 3.05) is 6.79 Å². The predicted octanol–water partition coefficient (Wildman–Crippen LogP) is 2.76. The second-order valence-corrected chi connectivity index (χ2v) is 5.69. The summed E-state index contributed by atoms with van der Waals surface area (Å²) in [7, 11) is 0. The van der Waals surface area contributed by atoms with Crippen molar-refractivity contribution in [1.29, 1.82) is 0 Å². The van der Waals surface area contributed by atoms with E-state index in [1.54, 1.807) is 18.2 Å². The Kier molecular flexibility index (Phi) is 2.43. The Balaban J connectivity index is 1.48. The first kappa shape index (κ1) is 11.1. The van der Waals surface area contributed by atoms with Crippen LogP contribution < -0.4 is 9.47 Å². The molecule has 0 spiro atoms. The highest BCUT2D eigenvalue weighted by atomic mass is 16.7. The lowest BCUT2D eigenvalue weighted by atomic mass is 9.98. The van der Waals surface area contributed by atoms with Gasteiger partial charge in [0.1, 0.15) is 6.10 Å². The summed E-state index contributed by atoms with van der Waals surface area (Å²) >= 11 is 0. The topological polar surface area (TPSA) is 44.8 Å². The number of benzene rings is 1. The molecule has 2 bridgehead atoms. The summed E-state index contributed by atoms with van der Waals surface area (Å²) in [6.07, 6.45) is 4.92. The molecule has 4 heteroatoms. The molecule has 0 aromatic heterocycles. The molecule has 3 unspecified atom stereocenters. The van der Waals surface area contributed by atoms with Crippen molar-refractivity contribution in [2.24, 2.45) is 11.8 Å². The van der Waals surface area contributed by atoms with Gasteiger partial charge in [-0.15, -0.1) is 0 Å². The fraction of sp³-hybridized carbons (Fsp3) is 0.533. The second kappa shape index (κ2) is 4.15. The molecule has 1 aromatic carbocycles. The van der Waals surface area contributed by atoms with Gasteiger partial charge in [0.2, 0.25) is 6.79 Å². The fourth-order valence-electron chi connectivity index (χ4n) is 3.56. The smallest absolute Gasteiger partial charge is 0.338 e. The molecular weight excluding hydrogens is 244 g/mol. The van der Waals surface area contributed by atoms with Crippen molar-refractivity contribution in [3.05, 3.63) is 23.8 Å². The third-order valence-electron chi connectivity index (χ3n) is 4.54. The minimum absolute atomic E-state index is 0.122. The third kappa shape index (κ3) is 1.86. The standard InChI is InChI=1S/C15H16O4/c16-15(19-13-6-9-1-2-10(13)5-9)11-3-4-12-14(7-11)18-8-17-12/h3-4,7,9-10,13H,1-2,5-6,8H2. The fourth-order valence-corrected chi connectivity index (χ4v) is 3.56. The third-order valence-corrected chi connectivity index (χ3v) is 4.54. The van der Waals surface area contributed by atoms with Gasteiger partial charge in [0.25, 0.3) is 0 Å². The lowest BCUT2D eigenvalue weighted by molar-refractivity contribution is 0.0158. The van der Waals surface area contributed by atoms with E-state index >= 15 is 0 Å². The molecule has 4 rings (SSSR count). The van der Waals surface area contributed by atoms with Crippen LogP contribution in [0.3, 0.4) is 0 Å². The van der Waals surface area contributed by atoms with Gasteiger partial charge in [0.15, 0.2) is 11.5 Å². The van der Waals surface area contributed by atoms with Crippen LogP contribution in [-0.4, -0.2) is 18.9 Å². The molecule has 0 saturated heterocycles. The van der Waals surface area contributed by atoms with Gasteiger partial charge in [0, 0.05) is 0 Å². The number of carbonyl (C=O) groups is 1. The van der Waals surface area contributed by atoms with E-state index in [9.17, 15) is 4.79 Å². The number of rotatable bonds is 2. The van der Waals surface area contributed by atoms with E-state index in [-0.39, 0.29) is 18.9 Å². The summed E-state index contributed by atoms with van der Waals surface area (Å²) in [4.78, 5) is 12.2. The maximum atomic E-state index is 12.2. The quantitative estimate of drug-likeness (QED) is 0.767. The van der Waals surface area contributed by atoms with E-state index in [1.165, 1.54) is 19.3 Å². The number of ether oxygens (including phenoxy) is 3. The van der Waals surface area contributed by atoms with E-state index in [0.29, 0.717) is 23.0 Å². The largest absolute Gasteiger partial charge is 0.458 e. The summed E-state index contributed by atoms with van der Waals surface area (Å²) in [5, 5.41) is 0. The van der Waals surface area contributed by atoms with Crippen LogP contribution in [-0.2, 0) is 4.74 Å². The highest BCUT2D eigenvalue weighted by molar-refractivity contribution is 5.90. The Labute approximate surface area is 111 Å². The van der Waals surface area contributed by atoms with E-state index in [1.807, 2.05) is 0 Å². The highest BCUT2D eigenvalue weighted by Crippen LogP contribution is 2.46. The maximum absolute atomic E-state index is 12.2. The second-order valence-electron chi connectivity index (χ2n) is 5.69. The average molecular weight is 260 g/mol. The van der Waals surface area contributed by atoms with Crippen LogP contribution in [0.25, 0.3) is 0 Å². The normalized spacial score (nSPS) is 30.6. The van der Waals surface area contributed by atoms with E-state index in [2.05, 4.69) is 0 Å². The lowest BCUT2D eigenvalue weighted by Gasteiger charge is -2.21. The number of hydrogen-bond acceptors (Lipinski definition) is 4. The first-order valence-electron chi connectivity index (χ1n) is 6.90. The van der Waals surface area contributed by atoms with Crippen molar-refractivity contribution < 1.29 is 19.0 Å². The zero-order valence-corrected chi connectivity index (χ0v) is 10.6. The van der Waals surface area contributed by atoms with Gasteiger partial charge < -0.3 is 14.2 Å². The summed E-state index contributed by atoms with van der Waals surface area (Å²) in [5.74, 6) is 2.44. The molecule has 2 aliphatic carbocycles. The van der Waals surface area contributed by atoms with Crippen LogP contribution in [0, 0.1) is 11.8 Å². The van der Waals surface area contributed by atoms with Crippen molar-refractivity contribution in [2.45, 2.75) is 31.8 Å². The SMILES string of the molecule is O=C(OC1CC2CCC1C2)c1ccc2c(c1)OCO2. The molecule has 1 aromatic rings. The first-order chi connectivity index (χ1) is 9.29. The maximum Gasteiger partial charge on any atom is 0.338 e. The van der Waals surface area contributed by atoms with Gasteiger partial charge in [-0.1, -0.05) is 0 Å². The molecule has 19 heavy (non-hydrogen) atoms. The zero-order chi connectivity index (χ0) is 12.8. The van der Waals surface area contributed by atoms with Gasteiger partial charge in [0.05, 0.1) is 5.56 Å². The van der Waals surface area contributed by atoms with Crippen LogP contribution in [0.1, 0.15) is 36.0 Å².